The molecule has 0 aliphatic carbocycles. The predicted octanol–water partition coefficient (Wildman–Crippen LogP) is 3.64. The van der Waals surface area contributed by atoms with Crippen LogP contribution in [0.4, 0.5) is 0 Å². The number of aryl methyl sites for hydroxylation is 1. The molecule has 0 fully saturated rings. The number of carbonyl (C=O) groups excluding carboxylic acids is 1. The number of rotatable bonds is 9. The van der Waals surface area contributed by atoms with Crippen molar-refractivity contribution in [3.63, 3.8) is 0 Å². The Morgan fingerprint density at radius 2 is 1.72 bits per heavy atom. The minimum Gasteiger partial charge on any atom is -0.493 e. The van der Waals surface area contributed by atoms with Crippen molar-refractivity contribution in [3.05, 3.63) is 77.1 Å². The quantitative estimate of drug-likeness (QED) is 0.603. The second-order valence-electron chi connectivity index (χ2n) is 6.82. The summed E-state index contributed by atoms with van der Waals surface area (Å²) in [6, 6.07) is 17.6. The minimum absolute atomic E-state index is 0.0606. The molecule has 1 heterocycles. The third-order valence-electron chi connectivity index (χ3n) is 4.82. The fourth-order valence-corrected chi connectivity index (χ4v) is 3.17. The van der Waals surface area contributed by atoms with Gasteiger partial charge >= 0.3 is 0 Å². The molecule has 6 heteroatoms. The van der Waals surface area contributed by atoms with Crippen molar-refractivity contribution in [1.29, 1.82) is 0 Å². The number of nitrogens with zero attached hydrogens (tertiary/aromatic N) is 2. The number of carbonyl (C=O) groups is 1. The summed E-state index contributed by atoms with van der Waals surface area (Å²) in [5, 5.41) is 7.60. The third kappa shape index (κ3) is 5.38. The Labute approximate surface area is 171 Å². The van der Waals surface area contributed by atoms with Gasteiger partial charge in [-0.1, -0.05) is 42.5 Å². The van der Waals surface area contributed by atoms with E-state index in [1.54, 1.807) is 7.11 Å². The number of hydrogen-bond acceptors (Lipinski definition) is 4. The summed E-state index contributed by atoms with van der Waals surface area (Å²) in [6.45, 7) is 5.47. The van der Waals surface area contributed by atoms with Crippen LogP contribution in [0.15, 0.2) is 54.6 Å². The highest BCUT2D eigenvalue weighted by Gasteiger charge is 2.13. The van der Waals surface area contributed by atoms with Gasteiger partial charge in [0.05, 0.1) is 32.4 Å². The molecule has 2 aromatic carbocycles. The molecule has 3 aromatic rings. The zero-order valence-corrected chi connectivity index (χ0v) is 17.1. The van der Waals surface area contributed by atoms with Crippen LogP contribution in [0.3, 0.4) is 0 Å². The molecule has 0 bridgehead atoms. The molecule has 0 aliphatic heterocycles. The summed E-state index contributed by atoms with van der Waals surface area (Å²) >= 11 is 0. The number of nitrogens with one attached hydrogen (secondary N) is 1. The molecule has 6 nitrogen and oxygen atoms in total. The lowest BCUT2D eigenvalue weighted by Crippen LogP contribution is -2.25. The zero-order chi connectivity index (χ0) is 20.6. The smallest absolute Gasteiger partial charge is 0.223 e. The molecule has 3 rings (SSSR count). The highest BCUT2D eigenvalue weighted by atomic mass is 16.5. The van der Waals surface area contributed by atoms with Crippen LogP contribution in [0.1, 0.15) is 28.9 Å². The van der Waals surface area contributed by atoms with Gasteiger partial charge in [-0.25, -0.2) is 0 Å². The van der Waals surface area contributed by atoms with Crippen molar-refractivity contribution in [2.45, 2.75) is 33.4 Å². The first kappa shape index (κ1) is 20.5. The monoisotopic (exact) mass is 393 g/mol. The molecule has 0 aliphatic rings. The van der Waals surface area contributed by atoms with E-state index in [-0.39, 0.29) is 18.9 Å². The van der Waals surface area contributed by atoms with E-state index in [0.29, 0.717) is 24.6 Å². The van der Waals surface area contributed by atoms with Gasteiger partial charge in [0.1, 0.15) is 0 Å². The summed E-state index contributed by atoms with van der Waals surface area (Å²) in [7, 11) is 1.59. The van der Waals surface area contributed by atoms with Gasteiger partial charge in [0.2, 0.25) is 5.91 Å². The van der Waals surface area contributed by atoms with Gasteiger partial charge in [0.15, 0.2) is 11.5 Å². The number of ether oxygens (including phenoxy) is 2. The van der Waals surface area contributed by atoms with E-state index in [1.807, 2.05) is 61.0 Å². The molecule has 152 valence electrons. The maximum absolute atomic E-state index is 12.2. The van der Waals surface area contributed by atoms with E-state index in [4.69, 9.17) is 9.47 Å². The second-order valence-corrected chi connectivity index (χ2v) is 6.82. The molecule has 0 saturated heterocycles. The molecule has 0 unspecified atom stereocenters. The lowest BCUT2D eigenvalue weighted by atomic mass is 10.2. The first-order valence-corrected chi connectivity index (χ1v) is 9.67. The summed E-state index contributed by atoms with van der Waals surface area (Å²) in [5.41, 5.74) is 4.25. The van der Waals surface area contributed by atoms with Crippen molar-refractivity contribution >= 4 is 5.91 Å². The standard InChI is InChI=1S/C23H27N3O3/c1-17-20(18(2)26(25-17)16-19-9-5-4-6-10-19)15-24-23(27)13-14-29-22-12-8-7-11-21(22)28-3/h4-12H,13-16H2,1-3H3,(H,24,27). The van der Waals surface area contributed by atoms with E-state index in [0.717, 1.165) is 17.0 Å². The zero-order valence-electron chi connectivity index (χ0n) is 17.1. The molecular formula is C23H27N3O3. The fourth-order valence-electron chi connectivity index (χ4n) is 3.17. The molecular weight excluding hydrogens is 366 g/mol. The van der Waals surface area contributed by atoms with E-state index in [9.17, 15) is 4.79 Å². The van der Waals surface area contributed by atoms with Crippen molar-refractivity contribution in [2.75, 3.05) is 13.7 Å². The predicted molar refractivity (Wildman–Crippen MR) is 112 cm³/mol. The average molecular weight is 393 g/mol. The van der Waals surface area contributed by atoms with Crippen LogP contribution >= 0.6 is 0 Å². The number of amides is 1. The largest absolute Gasteiger partial charge is 0.493 e. The number of aromatic nitrogens is 2. The summed E-state index contributed by atoms with van der Waals surface area (Å²) < 4.78 is 12.9. The number of benzene rings is 2. The summed E-state index contributed by atoms with van der Waals surface area (Å²) in [5.74, 6) is 1.23. The Bertz CT molecular complexity index is 951. The minimum atomic E-state index is -0.0606. The van der Waals surface area contributed by atoms with Gasteiger partial charge < -0.3 is 14.8 Å². The molecule has 1 amide bonds. The fraction of sp³-hybridized carbons (Fsp3) is 0.304. The van der Waals surface area contributed by atoms with E-state index in [2.05, 4.69) is 22.5 Å². The molecule has 0 saturated carbocycles. The first-order valence-electron chi connectivity index (χ1n) is 9.67. The molecule has 0 atom stereocenters. The van der Waals surface area contributed by atoms with Crippen LogP contribution in [0.5, 0.6) is 11.5 Å². The molecule has 1 N–H and O–H groups in total. The van der Waals surface area contributed by atoms with Crippen LogP contribution in [0.25, 0.3) is 0 Å². The lowest BCUT2D eigenvalue weighted by molar-refractivity contribution is -0.121. The van der Waals surface area contributed by atoms with Crippen LogP contribution in [-0.2, 0) is 17.9 Å². The average Bonchev–Trinajstić information content (AvgIpc) is 3.00. The van der Waals surface area contributed by atoms with Crippen LogP contribution in [0.2, 0.25) is 0 Å². The van der Waals surface area contributed by atoms with Crippen LogP contribution < -0.4 is 14.8 Å². The SMILES string of the molecule is COc1ccccc1OCCC(=O)NCc1c(C)nn(Cc2ccccc2)c1C. The summed E-state index contributed by atoms with van der Waals surface area (Å²) in [4.78, 5) is 12.2. The van der Waals surface area contributed by atoms with Gasteiger partial charge in [-0.15, -0.1) is 0 Å². The molecule has 0 radical (unpaired) electrons. The highest BCUT2D eigenvalue weighted by Crippen LogP contribution is 2.25. The van der Waals surface area contributed by atoms with Gasteiger partial charge in [0.25, 0.3) is 0 Å². The maximum atomic E-state index is 12.2. The Kier molecular flexibility index (Phi) is 6.89. The van der Waals surface area contributed by atoms with E-state index < -0.39 is 0 Å². The Morgan fingerprint density at radius 1 is 1.03 bits per heavy atom. The molecule has 1 aromatic heterocycles. The van der Waals surface area contributed by atoms with Crippen molar-refractivity contribution < 1.29 is 14.3 Å². The normalized spacial score (nSPS) is 10.6. The maximum Gasteiger partial charge on any atom is 0.223 e. The first-order chi connectivity index (χ1) is 14.1. The Balaban J connectivity index is 1.51. The van der Waals surface area contributed by atoms with Crippen LogP contribution in [0, 0.1) is 13.8 Å². The van der Waals surface area contributed by atoms with Crippen molar-refractivity contribution in [1.82, 2.24) is 15.1 Å². The van der Waals surface area contributed by atoms with Crippen molar-refractivity contribution in [2.24, 2.45) is 0 Å². The second kappa shape index (κ2) is 9.78. The van der Waals surface area contributed by atoms with Gasteiger partial charge in [-0.3, -0.25) is 9.48 Å². The topological polar surface area (TPSA) is 65.4 Å². The number of methoxy groups -OCH3 is 1. The van der Waals surface area contributed by atoms with Gasteiger partial charge in [0, 0.05) is 17.8 Å². The molecule has 0 spiro atoms. The van der Waals surface area contributed by atoms with E-state index in [1.165, 1.54) is 5.56 Å². The molecule has 29 heavy (non-hydrogen) atoms. The van der Waals surface area contributed by atoms with Crippen molar-refractivity contribution in [3.8, 4) is 11.5 Å². The number of para-hydroxylation sites is 2. The third-order valence-corrected chi connectivity index (χ3v) is 4.82. The Hall–Kier alpha value is -3.28. The summed E-state index contributed by atoms with van der Waals surface area (Å²) in [6.07, 6.45) is 0.272. The Morgan fingerprint density at radius 3 is 2.45 bits per heavy atom. The van der Waals surface area contributed by atoms with Gasteiger partial charge in [-0.2, -0.15) is 5.10 Å². The van der Waals surface area contributed by atoms with E-state index >= 15 is 0 Å². The van der Waals surface area contributed by atoms with Crippen LogP contribution in [-0.4, -0.2) is 29.4 Å². The van der Waals surface area contributed by atoms with Gasteiger partial charge in [-0.05, 0) is 31.5 Å². The highest BCUT2D eigenvalue weighted by molar-refractivity contribution is 5.76. The lowest BCUT2D eigenvalue weighted by Gasteiger charge is -2.10. The number of hydrogen-bond donors (Lipinski definition) is 1.